The van der Waals surface area contributed by atoms with Crippen molar-refractivity contribution >= 4 is 5.69 Å². The molecule has 0 radical (unpaired) electrons. The van der Waals surface area contributed by atoms with Crippen LogP contribution in [-0.4, -0.2) is 21.8 Å². The highest BCUT2D eigenvalue weighted by molar-refractivity contribution is 5.37. The molecule has 2 heterocycles. The number of nitrogens with zero attached hydrogens (tertiary/aromatic N) is 3. The Morgan fingerprint density at radius 1 is 1.47 bits per heavy atom. The number of anilines is 1. The van der Waals surface area contributed by atoms with Gasteiger partial charge in [-0.1, -0.05) is 0 Å². The number of hydrogen-bond donors (Lipinski definition) is 1. The lowest BCUT2D eigenvalue weighted by Gasteiger charge is -1.97. The maximum absolute atomic E-state index is 5.35. The van der Waals surface area contributed by atoms with Gasteiger partial charge in [0, 0.05) is 20.2 Å². The van der Waals surface area contributed by atoms with E-state index in [1.807, 2.05) is 31.8 Å². The van der Waals surface area contributed by atoms with Gasteiger partial charge in [0.2, 0.25) is 0 Å². The minimum Gasteiger partial charge on any atom is -0.446 e. The first-order chi connectivity index (χ1) is 7.19. The lowest BCUT2D eigenvalue weighted by Crippen LogP contribution is -2.01. The van der Waals surface area contributed by atoms with Gasteiger partial charge in [0.15, 0.2) is 5.89 Å². The van der Waals surface area contributed by atoms with Crippen molar-refractivity contribution in [3.63, 3.8) is 0 Å². The van der Waals surface area contributed by atoms with E-state index in [1.54, 1.807) is 6.20 Å². The molecule has 1 N–H and O–H groups in total. The summed E-state index contributed by atoms with van der Waals surface area (Å²) < 4.78 is 7.18. The Morgan fingerprint density at radius 3 is 2.80 bits per heavy atom. The smallest absolute Gasteiger partial charge is 0.191 e. The van der Waals surface area contributed by atoms with Gasteiger partial charge in [-0.3, -0.25) is 4.68 Å². The first-order valence-corrected chi connectivity index (χ1v) is 4.82. The highest BCUT2D eigenvalue weighted by atomic mass is 16.4. The van der Waals surface area contributed by atoms with Crippen LogP contribution in [-0.2, 0) is 6.54 Å². The fraction of sp³-hybridized carbons (Fsp3) is 0.400. The van der Waals surface area contributed by atoms with E-state index in [-0.39, 0.29) is 0 Å². The van der Waals surface area contributed by atoms with Gasteiger partial charge in [-0.25, -0.2) is 4.98 Å². The standard InChI is InChI=1S/C10H14N4O/c1-7-10(13-8(2)15-7)6-14-5-9(11-3)4-12-14/h4-5,11H,6H2,1-3H3. The molecular weight excluding hydrogens is 192 g/mol. The lowest BCUT2D eigenvalue weighted by atomic mass is 10.4. The highest BCUT2D eigenvalue weighted by Gasteiger charge is 2.07. The van der Waals surface area contributed by atoms with Crippen molar-refractivity contribution in [2.24, 2.45) is 0 Å². The highest BCUT2D eigenvalue weighted by Crippen LogP contribution is 2.11. The van der Waals surface area contributed by atoms with Crippen LogP contribution in [0.2, 0.25) is 0 Å². The average molecular weight is 206 g/mol. The van der Waals surface area contributed by atoms with Gasteiger partial charge in [-0.15, -0.1) is 0 Å². The van der Waals surface area contributed by atoms with E-state index in [4.69, 9.17) is 4.42 Å². The molecule has 0 spiro atoms. The maximum Gasteiger partial charge on any atom is 0.191 e. The molecule has 0 unspecified atom stereocenters. The van der Waals surface area contributed by atoms with Crippen molar-refractivity contribution in [3.05, 3.63) is 29.7 Å². The van der Waals surface area contributed by atoms with E-state index in [0.29, 0.717) is 12.4 Å². The van der Waals surface area contributed by atoms with E-state index >= 15 is 0 Å². The third-order valence-corrected chi connectivity index (χ3v) is 2.23. The Morgan fingerprint density at radius 2 is 2.27 bits per heavy atom. The van der Waals surface area contributed by atoms with Crippen LogP contribution in [0.5, 0.6) is 0 Å². The molecular formula is C10H14N4O. The molecule has 0 saturated heterocycles. The van der Waals surface area contributed by atoms with Crippen LogP contribution in [0.4, 0.5) is 5.69 Å². The predicted molar refractivity (Wildman–Crippen MR) is 56.9 cm³/mol. The molecule has 15 heavy (non-hydrogen) atoms. The second-order valence-corrected chi connectivity index (χ2v) is 3.41. The monoisotopic (exact) mass is 206 g/mol. The quantitative estimate of drug-likeness (QED) is 0.828. The fourth-order valence-electron chi connectivity index (χ4n) is 1.45. The number of hydrogen-bond acceptors (Lipinski definition) is 4. The summed E-state index contributed by atoms with van der Waals surface area (Å²) in [5.41, 5.74) is 1.92. The van der Waals surface area contributed by atoms with E-state index in [2.05, 4.69) is 15.4 Å². The molecule has 80 valence electrons. The topological polar surface area (TPSA) is 55.9 Å². The third-order valence-electron chi connectivity index (χ3n) is 2.23. The van der Waals surface area contributed by atoms with E-state index < -0.39 is 0 Å². The molecule has 5 nitrogen and oxygen atoms in total. The van der Waals surface area contributed by atoms with Gasteiger partial charge in [0.25, 0.3) is 0 Å². The van der Waals surface area contributed by atoms with E-state index in [0.717, 1.165) is 17.1 Å². The molecule has 2 rings (SSSR count). The molecule has 0 amide bonds. The second-order valence-electron chi connectivity index (χ2n) is 3.41. The zero-order chi connectivity index (χ0) is 10.8. The molecule has 0 fully saturated rings. The van der Waals surface area contributed by atoms with Crippen LogP contribution in [0.3, 0.4) is 0 Å². The number of rotatable bonds is 3. The number of aromatic nitrogens is 3. The van der Waals surface area contributed by atoms with Gasteiger partial charge in [0.1, 0.15) is 11.5 Å². The van der Waals surface area contributed by atoms with Crippen LogP contribution in [0.1, 0.15) is 17.3 Å². The largest absolute Gasteiger partial charge is 0.446 e. The normalized spacial score (nSPS) is 10.6. The molecule has 0 aliphatic carbocycles. The van der Waals surface area contributed by atoms with Gasteiger partial charge in [0.05, 0.1) is 18.4 Å². The van der Waals surface area contributed by atoms with Crippen molar-refractivity contribution in [1.29, 1.82) is 0 Å². The molecule has 2 aromatic rings. The van der Waals surface area contributed by atoms with Crippen LogP contribution in [0.25, 0.3) is 0 Å². The first kappa shape index (κ1) is 9.76. The van der Waals surface area contributed by atoms with Gasteiger partial charge in [-0.2, -0.15) is 5.10 Å². The summed E-state index contributed by atoms with van der Waals surface area (Å²) >= 11 is 0. The summed E-state index contributed by atoms with van der Waals surface area (Å²) in [5.74, 6) is 1.55. The molecule has 0 saturated carbocycles. The average Bonchev–Trinajstić information content (AvgIpc) is 2.75. The molecule has 5 heteroatoms. The molecule has 0 bridgehead atoms. The Bertz CT molecular complexity index is 458. The molecule has 2 aromatic heterocycles. The summed E-state index contributed by atoms with van der Waals surface area (Å²) in [7, 11) is 1.87. The Hall–Kier alpha value is -1.78. The van der Waals surface area contributed by atoms with Gasteiger partial charge >= 0.3 is 0 Å². The van der Waals surface area contributed by atoms with E-state index in [1.165, 1.54) is 0 Å². The second kappa shape index (κ2) is 3.76. The predicted octanol–water partition coefficient (Wildman–Crippen LogP) is 1.58. The zero-order valence-electron chi connectivity index (χ0n) is 9.11. The van der Waals surface area contributed by atoms with E-state index in [9.17, 15) is 0 Å². The Kier molecular flexibility index (Phi) is 2.45. The lowest BCUT2D eigenvalue weighted by molar-refractivity contribution is 0.491. The summed E-state index contributed by atoms with van der Waals surface area (Å²) in [6, 6.07) is 0. The van der Waals surface area contributed by atoms with Crippen LogP contribution >= 0.6 is 0 Å². The zero-order valence-corrected chi connectivity index (χ0v) is 9.11. The Labute approximate surface area is 88.1 Å². The fourth-order valence-corrected chi connectivity index (χ4v) is 1.45. The molecule has 0 aliphatic rings. The summed E-state index contributed by atoms with van der Waals surface area (Å²) in [4.78, 5) is 4.29. The first-order valence-electron chi connectivity index (χ1n) is 4.82. The van der Waals surface area contributed by atoms with Crippen LogP contribution in [0.15, 0.2) is 16.8 Å². The molecule has 0 aromatic carbocycles. The van der Waals surface area contributed by atoms with Gasteiger partial charge < -0.3 is 9.73 Å². The van der Waals surface area contributed by atoms with Crippen molar-refractivity contribution in [1.82, 2.24) is 14.8 Å². The van der Waals surface area contributed by atoms with Crippen LogP contribution < -0.4 is 5.32 Å². The summed E-state index contributed by atoms with van der Waals surface area (Å²) in [6.07, 6.45) is 3.71. The van der Waals surface area contributed by atoms with Crippen LogP contribution in [0, 0.1) is 13.8 Å². The molecule has 0 aliphatic heterocycles. The minimum absolute atomic E-state index is 0.644. The maximum atomic E-state index is 5.35. The van der Waals surface area contributed by atoms with Crippen molar-refractivity contribution in [2.75, 3.05) is 12.4 Å². The van der Waals surface area contributed by atoms with Crippen molar-refractivity contribution in [3.8, 4) is 0 Å². The minimum atomic E-state index is 0.644. The molecule has 0 atom stereocenters. The SMILES string of the molecule is CNc1cnn(Cc2nc(C)oc2C)c1. The van der Waals surface area contributed by atoms with Crippen molar-refractivity contribution in [2.45, 2.75) is 20.4 Å². The summed E-state index contributed by atoms with van der Waals surface area (Å²) in [6.45, 7) is 4.40. The van der Waals surface area contributed by atoms with Crippen molar-refractivity contribution < 1.29 is 4.42 Å². The Balaban J connectivity index is 2.17. The number of oxazole rings is 1. The van der Waals surface area contributed by atoms with Gasteiger partial charge in [-0.05, 0) is 6.92 Å². The third kappa shape index (κ3) is 2.01. The number of aryl methyl sites for hydroxylation is 2. The summed E-state index contributed by atoms with van der Waals surface area (Å²) in [5, 5.41) is 7.23. The number of nitrogens with one attached hydrogen (secondary N) is 1.